The summed E-state index contributed by atoms with van der Waals surface area (Å²) in [5, 5.41) is 0. The van der Waals surface area contributed by atoms with Gasteiger partial charge in [0, 0.05) is 11.1 Å². The summed E-state index contributed by atoms with van der Waals surface area (Å²) in [5.74, 6) is 0.906. The van der Waals surface area contributed by atoms with Crippen LogP contribution in [0.2, 0.25) is 0 Å². The van der Waals surface area contributed by atoms with Crippen LogP contribution in [0.25, 0.3) is 0 Å². The van der Waals surface area contributed by atoms with Crippen molar-refractivity contribution in [3.63, 3.8) is 0 Å². The van der Waals surface area contributed by atoms with E-state index in [1.54, 1.807) is 26.0 Å². The van der Waals surface area contributed by atoms with Crippen LogP contribution in [0.15, 0.2) is 30.6 Å². The molecular weight excluding hydrogens is 208 g/mol. The number of hydrogen-bond acceptors (Lipinski definition) is 4. The van der Waals surface area contributed by atoms with E-state index < -0.39 is 11.3 Å². The van der Waals surface area contributed by atoms with Gasteiger partial charge in [0.25, 0.3) is 0 Å². The predicted octanol–water partition coefficient (Wildman–Crippen LogP) is 1.95. The molecule has 1 heterocycles. The third-order valence-electron chi connectivity index (χ3n) is 2.23. The van der Waals surface area contributed by atoms with Gasteiger partial charge in [0.05, 0.1) is 0 Å². The molecule has 0 aliphatic carbocycles. The van der Waals surface area contributed by atoms with Crippen LogP contribution in [0.4, 0.5) is 0 Å². The second kappa shape index (κ2) is 4.79. The van der Waals surface area contributed by atoms with E-state index in [1.165, 1.54) is 13.8 Å². The van der Waals surface area contributed by atoms with Crippen LogP contribution in [-0.4, -0.2) is 0 Å². The highest BCUT2D eigenvalue weighted by Gasteiger charge is 2.01. The summed E-state index contributed by atoms with van der Waals surface area (Å²) in [7, 11) is 0. The van der Waals surface area contributed by atoms with Crippen molar-refractivity contribution >= 4 is 0 Å². The minimum absolute atomic E-state index is 0.257. The Morgan fingerprint density at radius 2 is 1.06 bits per heavy atom. The first-order chi connectivity index (χ1) is 7.41. The Balaban J connectivity index is 3.87. The van der Waals surface area contributed by atoms with Crippen molar-refractivity contribution in [3.8, 4) is 0 Å². The highest BCUT2D eigenvalue weighted by atomic mass is 16.4. The number of hydrogen-bond donors (Lipinski definition) is 0. The molecule has 1 aromatic heterocycles. The smallest absolute Gasteiger partial charge is 0.339 e. The van der Waals surface area contributed by atoms with Crippen LogP contribution in [0.3, 0.4) is 0 Å². The van der Waals surface area contributed by atoms with Crippen molar-refractivity contribution < 1.29 is 8.83 Å². The quantitative estimate of drug-likeness (QED) is 0.673. The molecule has 0 bridgehead atoms. The van der Waals surface area contributed by atoms with Crippen LogP contribution in [-0.2, 0) is 0 Å². The Hall–Kier alpha value is -1.84. The van der Waals surface area contributed by atoms with Crippen molar-refractivity contribution in [2.24, 2.45) is 0 Å². The molecule has 0 unspecified atom stereocenters. The number of rotatable bonds is 0. The lowest BCUT2D eigenvalue weighted by Crippen LogP contribution is -2.10. The maximum atomic E-state index is 11.5. The lowest BCUT2D eigenvalue weighted by Gasteiger charge is -1.92. The second-order valence-corrected chi connectivity index (χ2v) is 3.58. The van der Waals surface area contributed by atoms with Crippen LogP contribution in [0, 0.1) is 27.7 Å². The van der Waals surface area contributed by atoms with Crippen molar-refractivity contribution in [2.45, 2.75) is 27.7 Å². The largest absolute Gasteiger partial charge is 0.428 e. The van der Waals surface area contributed by atoms with Gasteiger partial charge in [-0.1, -0.05) is 0 Å². The summed E-state index contributed by atoms with van der Waals surface area (Å²) >= 11 is 0. The van der Waals surface area contributed by atoms with Crippen LogP contribution in [0.5, 0.6) is 0 Å². The normalized spacial score (nSPS) is 9.75. The lowest BCUT2D eigenvalue weighted by atomic mass is 10.2. The van der Waals surface area contributed by atoms with E-state index in [1.807, 2.05) is 0 Å². The summed E-state index contributed by atoms with van der Waals surface area (Å²) < 4.78 is 10.0. The van der Waals surface area contributed by atoms with E-state index in [0.29, 0.717) is 11.5 Å². The molecule has 16 heavy (non-hydrogen) atoms. The van der Waals surface area contributed by atoms with Gasteiger partial charge in [-0.2, -0.15) is 0 Å². The van der Waals surface area contributed by atoms with Crippen molar-refractivity contribution in [1.29, 1.82) is 0 Å². The molecule has 0 fully saturated rings. The summed E-state index contributed by atoms with van der Waals surface area (Å²) in [6, 6.07) is 3.16. The van der Waals surface area contributed by atoms with Crippen LogP contribution in [0.1, 0.15) is 22.6 Å². The molecule has 4 nitrogen and oxygen atoms in total. The number of aryl methyl sites for hydroxylation is 2. The summed E-state index contributed by atoms with van der Waals surface area (Å²) in [5.41, 5.74) is -0.549. The molecule has 4 heteroatoms. The lowest BCUT2D eigenvalue weighted by molar-refractivity contribution is 0.463. The predicted molar refractivity (Wildman–Crippen MR) is 60.1 cm³/mol. The molecule has 86 valence electrons. The molecular formula is C12H14O4. The minimum atomic E-state index is -0.531. The van der Waals surface area contributed by atoms with Gasteiger partial charge in [-0.15, -0.1) is 0 Å². The minimum Gasteiger partial charge on any atom is -0.428 e. The van der Waals surface area contributed by atoms with E-state index in [4.69, 9.17) is 8.83 Å². The van der Waals surface area contributed by atoms with Gasteiger partial charge < -0.3 is 8.83 Å². The Morgan fingerprint density at radius 3 is 1.38 bits per heavy atom. The van der Waals surface area contributed by atoms with Gasteiger partial charge in [0.1, 0.15) is 11.5 Å². The first kappa shape index (κ1) is 12.2. The third-order valence-corrected chi connectivity index (χ3v) is 2.23. The van der Waals surface area contributed by atoms with Gasteiger partial charge in [0.15, 0.2) is 0 Å². The molecule has 0 radical (unpaired) electrons. The average molecular weight is 222 g/mol. The van der Waals surface area contributed by atoms with Crippen molar-refractivity contribution in [3.05, 3.63) is 55.6 Å². The van der Waals surface area contributed by atoms with Crippen molar-refractivity contribution in [2.75, 3.05) is 0 Å². The van der Waals surface area contributed by atoms with E-state index >= 15 is 0 Å². The van der Waals surface area contributed by atoms with Crippen LogP contribution >= 0.6 is 0 Å². The highest BCUT2D eigenvalue weighted by molar-refractivity contribution is 5.14. The molecule has 0 atom stereocenters. The second-order valence-electron chi connectivity index (χ2n) is 3.58. The SMILES string of the molecule is Cc1ccc(C)oc(=O)c(C)c(C)c(=O)o1. The van der Waals surface area contributed by atoms with Gasteiger partial charge in [-0.3, -0.25) is 0 Å². The summed E-state index contributed by atoms with van der Waals surface area (Å²) in [6.45, 7) is 6.39. The Labute approximate surface area is 92.9 Å². The monoisotopic (exact) mass is 222 g/mol. The highest BCUT2D eigenvalue weighted by Crippen LogP contribution is 1.96. The Kier molecular flexibility index (Phi) is 3.66. The fourth-order valence-corrected chi connectivity index (χ4v) is 1.05. The van der Waals surface area contributed by atoms with Gasteiger partial charge in [-0.25, -0.2) is 9.59 Å². The summed E-state index contributed by atoms with van der Waals surface area (Å²) in [4.78, 5) is 23.1. The first-order valence-electron chi connectivity index (χ1n) is 4.89. The van der Waals surface area contributed by atoms with Gasteiger partial charge >= 0.3 is 11.3 Å². The fraction of sp³-hybridized carbons (Fsp3) is 0.333. The molecule has 1 aromatic rings. The maximum Gasteiger partial charge on any atom is 0.339 e. The molecule has 0 amide bonds. The topological polar surface area (TPSA) is 60.4 Å². The molecule has 0 saturated heterocycles. The molecule has 1 rings (SSSR count). The Bertz CT molecular complexity index is 511. The molecule has 0 aromatic carbocycles. The molecule has 0 aliphatic heterocycles. The third kappa shape index (κ3) is 2.82. The molecule has 0 saturated carbocycles. The fourth-order valence-electron chi connectivity index (χ4n) is 1.05. The standard InChI is InChI=1S/C12H14O4/c1-7-5-6-8(2)16-12(14)10(4)9(3)11(13)15-7/h5-6H,1-4H3. The zero-order valence-electron chi connectivity index (χ0n) is 9.79. The summed E-state index contributed by atoms with van der Waals surface area (Å²) in [6.07, 6.45) is 0. The van der Waals surface area contributed by atoms with Gasteiger partial charge in [-0.05, 0) is 39.8 Å². The molecule has 0 spiro atoms. The zero-order chi connectivity index (χ0) is 12.3. The maximum absolute atomic E-state index is 11.5. The van der Waals surface area contributed by atoms with Crippen LogP contribution < -0.4 is 11.3 Å². The van der Waals surface area contributed by atoms with E-state index in [0.717, 1.165) is 0 Å². The Morgan fingerprint density at radius 1 is 0.750 bits per heavy atom. The van der Waals surface area contributed by atoms with Gasteiger partial charge in [0.2, 0.25) is 0 Å². The van der Waals surface area contributed by atoms with Crippen molar-refractivity contribution in [1.82, 2.24) is 0 Å². The van der Waals surface area contributed by atoms with E-state index in [2.05, 4.69) is 0 Å². The molecule has 0 aliphatic rings. The van der Waals surface area contributed by atoms with E-state index in [9.17, 15) is 9.59 Å². The average Bonchev–Trinajstić information content (AvgIpc) is 2.22. The molecule has 0 N–H and O–H groups in total. The first-order valence-corrected chi connectivity index (χ1v) is 4.89. The zero-order valence-corrected chi connectivity index (χ0v) is 9.79. The van der Waals surface area contributed by atoms with E-state index in [-0.39, 0.29) is 11.1 Å².